The summed E-state index contributed by atoms with van der Waals surface area (Å²) in [6, 6.07) is 24.5. The summed E-state index contributed by atoms with van der Waals surface area (Å²) in [5.74, 6) is -0.634. The maximum atomic E-state index is 13.8. The molecule has 144 valence electrons. The SMILES string of the molecule is N#CC1(C#N)[C@H](c2ccccc2)[C@H](C(=O)c2cccs2)N2c3ccccc3C=C[C@H]21. The lowest BCUT2D eigenvalue weighted by Gasteiger charge is -2.35. The Labute approximate surface area is 178 Å². The van der Waals surface area contributed by atoms with Gasteiger partial charge in [-0.2, -0.15) is 10.5 Å². The van der Waals surface area contributed by atoms with Gasteiger partial charge in [0.25, 0.3) is 0 Å². The quantitative estimate of drug-likeness (QED) is 0.571. The van der Waals surface area contributed by atoms with Gasteiger partial charge < -0.3 is 4.90 Å². The number of para-hydroxylation sites is 1. The number of hydrogen-bond acceptors (Lipinski definition) is 5. The lowest BCUT2D eigenvalue weighted by Crippen LogP contribution is -2.44. The molecule has 3 atom stereocenters. The second-order valence-corrected chi connectivity index (χ2v) is 8.49. The lowest BCUT2D eigenvalue weighted by atomic mass is 9.69. The third-order valence-corrected chi connectivity index (χ3v) is 6.99. The first-order valence-electron chi connectivity index (χ1n) is 9.72. The van der Waals surface area contributed by atoms with E-state index >= 15 is 0 Å². The van der Waals surface area contributed by atoms with Crippen molar-refractivity contribution in [1.82, 2.24) is 0 Å². The molecule has 0 aliphatic carbocycles. The van der Waals surface area contributed by atoms with Crippen LogP contribution in [0, 0.1) is 28.1 Å². The zero-order valence-electron chi connectivity index (χ0n) is 16.0. The zero-order valence-corrected chi connectivity index (χ0v) is 16.8. The second-order valence-electron chi connectivity index (χ2n) is 7.54. The summed E-state index contributed by atoms with van der Waals surface area (Å²) in [5, 5.41) is 22.5. The van der Waals surface area contributed by atoms with Crippen LogP contribution in [0.3, 0.4) is 0 Å². The van der Waals surface area contributed by atoms with Crippen LogP contribution in [0.15, 0.2) is 78.2 Å². The van der Waals surface area contributed by atoms with Gasteiger partial charge in [-0.3, -0.25) is 4.79 Å². The number of ketones is 1. The minimum absolute atomic E-state index is 0.0543. The van der Waals surface area contributed by atoms with E-state index in [0.717, 1.165) is 16.8 Å². The highest BCUT2D eigenvalue weighted by Gasteiger charge is 2.63. The maximum absolute atomic E-state index is 13.8. The van der Waals surface area contributed by atoms with E-state index in [9.17, 15) is 15.3 Å². The van der Waals surface area contributed by atoms with E-state index in [4.69, 9.17) is 0 Å². The highest BCUT2D eigenvalue weighted by Crippen LogP contribution is 2.55. The summed E-state index contributed by atoms with van der Waals surface area (Å²) in [5.41, 5.74) is 1.31. The number of hydrogen-bond donors (Lipinski definition) is 0. The number of rotatable bonds is 3. The predicted octanol–water partition coefficient (Wildman–Crippen LogP) is 5.03. The molecule has 1 fully saturated rings. The standard InChI is InChI=1S/C25H17N3OS/c26-15-25(16-27)21-13-12-17-7-4-5-10-19(17)28(21)23(24(29)20-11-6-14-30-20)22(25)18-8-2-1-3-9-18/h1-14,21-23H/t21-,22+,23+/m0/s1. The van der Waals surface area contributed by atoms with Gasteiger partial charge in [0.15, 0.2) is 11.2 Å². The number of benzene rings is 2. The summed E-state index contributed by atoms with van der Waals surface area (Å²) in [6.07, 6.45) is 3.87. The average molecular weight is 407 g/mol. The first-order valence-corrected chi connectivity index (χ1v) is 10.6. The second kappa shape index (κ2) is 6.99. The summed E-state index contributed by atoms with van der Waals surface area (Å²) in [7, 11) is 0. The normalized spacial score (nSPS) is 23.1. The molecule has 0 bridgehead atoms. The molecular formula is C25H17N3OS. The fourth-order valence-corrected chi connectivity index (χ4v) is 5.53. The summed E-state index contributed by atoms with van der Waals surface area (Å²) >= 11 is 1.39. The van der Waals surface area contributed by atoms with Crippen LogP contribution in [0.5, 0.6) is 0 Å². The van der Waals surface area contributed by atoms with Gasteiger partial charge in [-0.15, -0.1) is 11.3 Å². The van der Waals surface area contributed by atoms with Crippen molar-refractivity contribution in [1.29, 1.82) is 10.5 Å². The van der Waals surface area contributed by atoms with Gasteiger partial charge in [-0.05, 0) is 28.6 Å². The van der Waals surface area contributed by atoms with E-state index < -0.39 is 23.4 Å². The number of nitriles is 2. The number of carbonyl (C=O) groups is 1. The number of Topliss-reactive ketones (excluding diaryl/α,β-unsaturated/α-hetero) is 1. The molecule has 2 aromatic carbocycles. The van der Waals surface area contributed by atoms with E-state index in [2.05, 4.69) is 12.1 Å². The van der Waals surface area contributed by atoms with Gasteiger partial charge >= 0.3 is 0 Å². The number of fused-ring (bicyclic) bond motifs is 3. The van der Waals surface area contributed by atoms with Crippen molar-refractivity contribution < 1.29 is 4.79 Å². The van der Waals surface area contributed by atoms with Crippen molar-refractivity contribution in [3.8, 4) is 12.1 Å². The molecule has 0 unspecified atom stereocenters. The predicted molar refractivity (Wildman–Crippen MR) is 117 cm³/mol. The molecule has 30 heavy (non-hydrogen) atoms. The zero-order chi connectivity index (χ0) is 20.7. The first kappa shape index (κ1) is 18.4. The highest BCUT2D eigenvalue weighted by molar-refractivity contribution is 7.12. The Kier molecular flexibility index (Phi) is 4.28. The van der Waals surface area contributed by atoms with Crippen molar-refractivity contribution >= 4 is 28.9 Å². The van der Waals surface area contributed by atoms with Crippen molar-refractivity contribution in [3.63, 3.8) is 0 Å². The van der Waals surface area contributed by atoms with Crippen molar-refractivity contribution in [2.24, 2.45) is 5.41 Å². The van der Waals surface area contributed by atoms with Crippen molar-refractivity contribution in [2.75, 3.05) is 4.90 Å². The third-order valence-electron chi connectivity index (χ3n) is 6.11. The van der Waals surface area contributed by atoms with Crippen LogP contribution in [0.4, 0.5) is 5.69 Å². The van der Waals surface area contributed by atoms with Crippen LogP contribution in [0.1, 0.15) is 26.7 Å². The van der Waals surface area contributed by atoms with E-state index in [1.54, 1.807) is 0 Å². The number of nitrogens with zero attached hydrogens (tertiary/aromatic N) is 3. The Balaban J connectivity index is 1.80. The molecule has 5 rings (SSSR count). The molecule has 3 heterocycles. The van der Waals surface area contributed by atoms with Crippen molar-refractivity contribution in [2.45, 2.75) is 18.0 Å². The van der Waals surface area contributed by atoms with Gasteiger partial charge in [-0.25, -0.2) is 0 Å². The minimum Gasteiger partial charge on any atom is -0.351 e. The van der Waals surface area contributed by atoms with Gasteiger partial charge in [0.05, 0.1) is 23.1 Å². The molecule has 1 saturated heterocycles. The molecule has 0 spiro atoms. The largest absolute Gasteiger partial charge is 0.351 e. The van der Waals surface area contributed by atoms with E-state index in [1.807, 2.05) is 89.2 Å². The molecule has 0 amide bonds. The summed E-state index contributed by atoms with van der Waals surface area (Å²) < 4.78 is 0. The fourth-order valence-electron chi connectivity index (χ4n) is 4.83. The molecule has 0 radical (unpaired) electrons. The van der Waals surface area contributed by atoms with Crippen LogP contribution in [-0.4, -0.2) is 17.9 Å². The van der Waals surface area contributed by atoms with Gasteiger partial charge in [0.1, 0.15) is 6.04 Å². The van der Waals surface area contributed by atoms with Crippen LogP contribution in [0.25, 0.3) is 6.08 Å². The third kappa shape index (κ3) is 2.46. The van der Waals surface area contributed by atoms with Crippen LogP contribution < -0.4 is 4.90 Å². The number of thiophene rings is 1. The van der Waals surface area contributed by atoms with Gasteiger partial charge in [-0.1, -0.05) is 66.7 Å². The first-order chi connectivity index (χ1) is 14.7. The molecule has 5 heteroatoms. The average Bonchev–Trinajstić information content (AvgIpc) is 3.44. The summed E-state index contributed by atoms with van der Waals surface area (Å²) in [4.78, 5) is 16.4. The Morgan fingerprint density at radius 2 is 1.70 bits per heavy atom. The van der Waals surface area contributed by atoms with E-state index in [1.165, 1.54) is 11.3 Å². The minimum atomic E-state index is -1.39. The Morgan fingerprint density at radius 3 is 2.40 bits per heavy atom. The Hall–Kier alpha value is -3.67. The molecule has 1 aromatic heterocycles. The lowest BCUT2D eigenvalue weighted by molar-refractivity contribution is 0.0955. The van der Waals surface area contributed by atoms with E-state index in [0.29, 0.717) is 4.88 Å². The molecule has 2 aliphatic rings. The van der Waals surface area contributed by atoms with Crippen LogP contribution in [0.2, 0.25) is 0 Å². The van der Waals surface area contributed by atoms with Gasteiger partial charge in [0, 0.05) is 11.6 Å². The monoisotopic (exact) mass is 407 g/mol. The highest BCUT2D eigenvalue weighted by atomic mass is 32.1. The molecule has 0 N–H and O–H groups in total. The molecule has 0 saturated carbocycles. The summed E-state index contributed by atoms with van der Waals surface area (Å²) in [6.45, 7) is 0. The Bertz CT molecular complexity index is 1200. The van der Waals surface area contributed by atoms with Crippen LogP contribution >= 0.6 is 11.3 Å². The molecular weight excluding hydrogens is 390 g/mol. The van der Waals surface area contributed by atoms with Gasteiger partial charge in [0.2, 0.25) is 0 Å². The van der Waals surface area contributed by atoms with Crippen LogP contribution in [-0.2, 0) is 0 Å². The topological polar surface area (TPSA) is 67.9 Å². The van der Waals surface area contributed by atoms with E-state index in [-0.39, 0.29) is 5.78 Å². The molecule has 4 nitrogen and oxygen atoms in total. The van der Waals surface area contributed by atoms with Crippen molar-refractivity contribution in [3.05, 3.63) is 94.2 Å². The fraction of sp³-hybridized carbons (Fsp3) is 0.160. The number of anilines is 1. The maximum Gasteiger partial charge on any atom is 0.195 e. The Morgan fingerprint density at radius 1 is 0.967 bits per heavy atom. The molecule has 2 aliphatic heterocycles. The smallest absolute Gasteiger partial charge is 0.195 e. The molecule has 3 aromatic rings. The number of carbonyl (C=O) groups excluding carboxylic acids is 1.